The molecular formula is C16H17N7O. The van der Waals surface area contributed by atoms with Crippen LogP contribution in [-0.2, 0) is 13.0 Å². The van der Waals surface area contributed by atoms with Crippen LogP contribution in [0.1, 0.15) is 28.3 Å². The molecule has 0 fully saturated rings. The van der Waals surface area contributed by atoms with E-state index >= 15 is 0 Å². The Labute approximate surface area is 138 Å². The number of aromatic nitrogens is 6. The van der Waals surface area contributed by atoms with E-state index in [1.807, 2.05) is 13.1 Å². The summed E-state index contributed by atoms with van der Waals surface area (Å²) in [5, 5.41) is 7.16. The molecule has 3 aromatic heterocycles. The third-order valence-electron chi connectivity index (χ3n) is 4.12. The highest BCUT2D eigenvalue weighted by Crippen LogP contribution is 2.16. The zero-order valence-corrected chi connectivity index (χ0v) is 13.3. The van der Waals surface area contributed by atoms with E-state index in [0.29, 0.717) is 11.4 Å². The molecule has 0 radical (unpaired) electrons. The Balaban J connectivity index is 1.54. The van der Waals surface area contributed by atoms with Gasteiger partial charge in [0.1, 0.15) is 18.5 Å². The fourth-order valence-electron chi connectivity index (χ4n) is 3.04. The number of hydrogen-bond acceptors (Lipinski definition) is 5. The summed E-state index contributed by atoms with van der Waals surface area (Å²) in [5.74, 6) is 1.41. The molecule has 0 spiro atoms. The van der Waals surface area contributed by atoms with Gasteiger partial charge in [0.15, 0.2) is 5.82 Å². The van der Waals surface area contributed by atoms with Crippen LogP contribution < -0.4 is 5.32 Å². The first-order valence-electron chi connectivity index (χ1n) is 7.84. The Hall–Kier alpha value is -3.03. The van der Waals surface area contributed by atoms with Crippen molar-refractivity contribution in [3.8, 4) is 5.82 Å². The Morgan fingerprint density at radius 2 is 2.33 bits per heavy atom. The lowest BCUT2D eigenvalue weighted by Crippen LogP contribution is -2.41. The van der Waals surface area contributed by atoms with Gasteiger partial charge in [0.05, 0.1) is 11.3 Å². The molecule has 1 atom stereocenters. The van der Waals surface area contributed by atoms with Gasteiger partial charge in [0.2, 0.25) is 0 Å². The molecule has 1 aliphatic heterocycles. The van der Waals surface area contributed by atoms with Crippen molar-refractivity contribution >= 4 is 5.91 Å². The standard InChI is InChI=1S/C16H17N7O/c1-11-7-22-8-12(4-5-14(22)20-11)21-16(24)13-3-2-6-18-15(13)23-10-17-9-19-23/h2-3,6-7,9-10,12H,4-5,8H2,1H3,(H,21,24). The van der Waals surface area contributed by atoms with Gasteiger partial charge in [-0.2, -0.15) is 5.10 Å². The van der Waals surface area contributed by atoms with Crippen LogP contribution in [0.3, 0.4) is 0 Å². The summed E-state index contributed by atoms with van der Waals surface area (Å²) in [4.78, 5) is 25.4. The molecule has 122 valence electrons. The third kappa shape index (κ3) is 2.66. The van der Waals surface area contributed by atoms with E-state index in [0.717, 1.165) is 30.9 Å². The van der Waals surface area contributed by atoms with Crippen molar-refractivity contribution in [1.29, 1.82) is 0 Å². The topological polar surface area (TPSA) is 90.5 Å². The molecule has 1 N–H and O–H groups in total. The van der Waals surface area contributed by atoms with Crippen LogP contribution in [0.5, 0.6) is 0 Å². The average Bonchev–Trinajstić information content (AvgIpc) is 3.23. The normalized spacial score (nSPS) is 16.6. The first-order valence-corrected chi connectivity index (χ1v) is 7.84. The van der Waals surface area contributed by atoms with Gasteiger partial charge < -0.3 is 9.88 Å². The highest BCUT2D eigenvalue weighted by atomic mass is 16.1. The highest BCUT2D eigenvalue weighted by Gasteiger charge is 2.23. The Morgan fingerprint density at radius 1 is 1.42 bits per heavy atom. The van der Waals surface area contributed by atoms with E-state index in [2.05, 4.69) is 29.9 Å². The predicted molar refractivity (Wildman–Crippen MR) is 85.7 cm³/mol. The van der Waals surface area contributed by atoms with Gasteiger partial charge in [-0.3, -0.25) is 4.79 Å². The van der Waals surface area contributed by atoms with Crippen molar-refractivity contribution in [1.82, 2.24) is 34.6 Å². The summed E-state index contributed by atoms with van der Waals surface area (Å²) in [7, 11) is 0. The molecule has 24 heavy (non-hydrogen) atoms. The number of imidazole rings is 1. The summed E-state index contributed by atoms with van der Waals surface area (Å²) in [6.45, 7) is 2.72. The van der Waals surface area contributed by atoms with Crippen LogP contribution in [0, 0.1) is 6.92 Å². The zero-order chi connectivity index (χ0) is 16.5. The van der Waals surface area contributed by atoms with Crippen LogP contribution >= 0.6 is 0 Å². The van der Waals surface area contributed by atoms with Crippen LogP contribution in [-0.4, -0.2) is 41.2 Å². The monoisotopic (exact) mass is 323 g/mol. The van der Waals surface area contributed by atoms with Crippen molar-refractivity contribution in [2.45, 2.75) is 32.4 Å². The van der Waals surface area contributed by atoms with Gasteiger partial charge in [0, 0.05) is 31.4 Å². The molecular weight excluding hydrogens is 306 g/mol. The van der Waals surface area contributed by atoms with Crippen molar-refractivity contribution in [2.75, 3.05) is 0 Å². The van der Waals surface area contributed by atoms with Gasteiger partial charge in [-0.25, -0.2) is 19.6 Å². The van der Waals surface area contributed by atoms with Gasteiger partial charge >= 0.3 is 0 Å². The zero-order valence-electron chi connectivity index (χ0n) is 13.3. The maximum Gasteiger partial charge on any atom is 0.255 e. The van der Waals surface area contributed by atoms with E-state index < -0.39 is 0 Å². The largest absolute Gasteiger partial charge is 0.347 e. The summed E-state index contributed by atoms with van der Waals surface area (Å²) in [5.41, 5.74) is 1.49. The number of carbonyl (C=O) groups is 1. The average molecular weight is 323 g/mol. The van der Waals surface area contributed by atoms with Crippen LogP contribution in [0.25, 0.3) is 5.82 Å². The van der Waals surface area contributed by atoms with E-state index in [4.69, 9.17) is 0 Å². The molecule has 8 heteroatoms. The molecule has 1 unspecified atom stereocenters. The van der Waals surface area contributed by atoms with E-state index in [-0.39, 0.29) is 11.9 Å². The molecule has 0 aromatic carbocycles. The summed E-state index contributed by atoms with van der Waals surface area (Å²) >= 11 is 0. The summed E-state index contributed by atoms with van der Waals surface area (Å²) < 4.78 is 3.61. The number of hydrogen-bond donors (Lipinski definition) is 1. The number of aryl methyl sites for hydroxylation is 2. The quantitative estimate of drug-likeness (QED) is 0.774. The maximum atomic E-state index is 12.7. The molecule has 3 aromatic rings. The van der Waals surface area contributed by atoms with Crippen molar-refractivity contribution in [3.63, 3.8) is 0 Å². The Morgan fingerprint density at radius 3 is 3.17 bits per heavy atom. The van der Waals surface area contributed by atoms with Gasteiger partial charge in [-0.15, -0.1) is 0 Å². The molecule has 4 heterocycles. The lowest BCUT2D eigenvalue weighted by molar-refractivity contribution is 0.0927. The van der Waals surface area contributed by atoms with Crippen molar-refractivity contribution < 1.29 is 4.79 Å². The molecule has 0 bridgehead atoms. The van der Waals surface area contributed by atoms with Crippen LogP contribution in [0.2, 0.25) is 0 Å². The second-order valence-corrected chi connectivity index (χ2v) is 5.87. The van der Waals surface area contributed by atoms with E-state index in [1.54, 1.807) is 18.3 Å². The number of fused-ring (bicyclic) bond motifs is 1. The Kier molecular flexibility index (Phi) is 3.56. The minimum absolute atomic E-state index is 0.0717. The molecule has 0 saturated carbocycles. The minimum Gasteiger partial charge on any atom is -0.347 e. The van der Waals surface area contributed by atoms with Crippen molar-refractivity contribution in [2.24, 2.45) is 0 Å². The Bertz CT molecular complexity index is 868. The molecule has 1 aliphatic rings. The van der Waals surface area contributed by atoms with Crippen molar-refractivity contribution in [3.05, 3.63) is 54.3 Å². The summed E-state index contributed by atoms with van der Waals surface area (Å²) in [6, 6.07) is 3.56. The van der Waals surface area contributed by atoms with Gasteiger partial charge in [-0.1, -0.05) is 0 Å². The summed E-state index contributed by atoms with van der Waals surface area (Å²) in [6.07, 6.45) is 8.34. The molecule has 0 saturated heterocycles. The highest BCUT2D eigenvalue weighted by molar-refractivity contribution is 5.97. The number of amides is 1. The fourth-order valence-corrected chi connectivity index (χ4v) is 3.04. The maximum absolute atomic E-state index is 12.7. The minimum atomic E-state index is -0.154. The number of nitrogens with one attached hydrogen (secondary N) is 1. The first kappa shape index (κ1) is 14.6. The van der Waals surface area contributed by atoms with Gasteiger partial charge in [-0.05, 0) is 25.5 Å². The number of nitrogens with zero attached hydrogens (tertiary/aromatic N) is 6. The van der Waals surface area contributed by atoms with E-state index in [1.165, 1.54) is 17.3 Å². The number of carbonyl (C=O) groups excluding carboxylic acids is 1. The fraction of sp³-hybridized carbons (Fsp3) is 0.312. The number of pyridine rings is 1. The smallest absolute Gasteiger partial charge is 0.255 e. The lowest BCUT2D eigenvalue weighted by atomic mass is 10.1. The van der Waals surface area contributed by atoms with E-state index in [9.17, 15) is 4.79 Å². The molecule has 8 nitrogen and oxygen atoms in total. The predicted octanol–water partition coefficient (Wildman–Crippen LogP) is 0.912. The number of rotatable bonds is 3. The lowest BCUT2D eigenvalue weighted by Gasteiger charge is -2.25. The second kappa shape index (κ2) is 5.88. The second-order valence-electron chi connectivity index (χ2n) is 5.87. The van der Waals surface area contributed by atoms with Gasteiger partial charge in [0.25, 0.3) is 5.91 Å². The third-order valence-corrected chi connectivity index (χ3v) is 4.12. The van der Waals surface area contributed by atoms with Crippen LogP contribution in [0.15, 0.2) is 37.2 Å². The molecule has 0 aliphatic carbocycles. The SMILES string of the molecule is Cc1cn2c(n1)CCC(NC(=O)c1cccnc1-n1cncn1)C2. The van der Waals surface area contributed by atoms with Crippen LogP contribution in [0.4, 0.5) is 0 Å². The molecule has 1 amide bonds. The first-order chi connectivity index (χ1) is 11.7. The molecule has 4 rings (SSSR count).